The molecule has 0 aliphatic heterocycles. The molecule has 1 amide bonds. The van der Waals surface area contributed by atoms with E-state index in [4.69, 9.17) is 28.9 Å². The molecule has 2 rings (SSSR count). The highest BCUT2D eigenvalue weighted by atomic mass is 35.5. The molecule has 7 nitrogen and oxygen atoms in total. The van der Waals surface area contributed by atoms with Gasteiger partial charge < -0.3 is 10.6 Å². The van der Waals surface area contributed by atoms with Gasteiger partial charge in [-0.15, -0.1) is 0 Å². The lowest BCUT2D eigenvalue weighted by molar-refractivity contribution is 0.0983. The Hall–Kier alpha value is -2.25. The molecule has 0 atom stereocenters. The molecule has 28 heavy (non-hydrogen) atoms. The summed E-state index contributed by atoms with van der Waals surface area (Å²) in [6.07, 6.45) is 1.55. The minimum absolute atomic E-state index is 0.0356. The normalized spacial score (nSPS) is 11.1. The summed E-state index contributed by atoms with van der Waals surface area (Å²) in [4.78, 5) is 41.5. The number of benzene rings is 1. The van der Waals surface area contributed by atoms with E-state index in [1.54, 1.807) is 0 Å². The first kappa shape index (κ1) is 22.0. The third-order valence-electron chi connectivity index (χ3n) is 4.12. The summed E-state index contributed by atoms with van der Waals surface area (Å²) in [5.74, 6) is -0.478. The molecule has 0 saturated heterocycles. The summed E-state index contributed by atoms with van der Waals surface area (Å²) in [6, 6.07) is 4.46. The summed E-state index contributed by atoms with van der Waals surface area (Å²) in [7, 11) is 0. The van der Waals surface area contributed by atoms with Crippen LogP contribution in [0.5, 0.6) is 0 Å². The zero-order chi connectivity index (χ0) is 21.0. The highest BCUT2D eigenvalue weighted by Crippen LogP contribution is 2.24. The van der Waals surface area contributed by atoms with Crippen LogP contribution in [0.1, 0.15) is 44.0 Å². The van der Waals surface area contributed by atoms with Gasteiger partial charge in [0.15, 0.2) is 5.69 Å². The van der Waals surface area contributed by atoms with Gasteiger partial charge in [-0.25, -0.2) is 4.79 Å². The first-order valence-corrected chi connectivity index (χ1v) is 9.81. The Morgan fingerprint density at radius 1 is 1.21 bits per heavy atom. The van der Waals surface area contributed by atoms with Crippen molar-refractivity contribution in [1.82, 2.24) is 9.55 Å². The molecule has 0 fully saturated rings. The molecular formula is C19H24Cl2N4O3. The SMILES string of the molecule is CCCCn1c(N)c(N(CC(C)C)C(=O)c2cc(Cl)cc(Cl)c2)c(=O)[nH]c1=O. The van der Waals surface area contributed by atoms with E-state index >= 15 is 0 Å². The fraction of sp³-hybridized carbons (Fsp3) is 0.421. The van der Waals surface area contributed by atoms with Crippen LogP contribution in [0.15, 0.2) is 27.8 Å². The highest BCUT2D eigenvalue weighted by Gasteiger charge is 2.26. The molecule has 0 unspecified atom stereocenters. The van der Waals surface area contributed by atoms with Gasteiger partial charge in [0.2, 0.25) is 0 Å². The average molecular weight is 427 g/mol. The molecule has 1 heterocycles. The van der Waals surface area contributed by atoms with Crippen LogP contribution in [-0.2, 0) is 6.54 Å². The number of nitrogens with two attached hydrogens (primary N) is 1. The van der Waals surface area contributed by atoms with Crippen molar-refractivity contribution in [2.24, 2.45) is 5.92 Å². The second-order valence-electron chi connectivity index (χ2n) is 6.97. The van der Waals surface area contributed by atoms with E-state index in [2.05, 4.69) is 4.98 Å². The van der Waals surface area contributed by atoms with Crippen LogP contribution in [0, 0.1) is 5.92 Å². The molecule has 3 N–H and O–H groups in total. The number of carbonyl (C=O) groups excluding carboxylic acids is 1. The predicted octanol–water partition coefficient (Wildman–Crippen LogP) is 3.53. The number of aromatic amines is 1. The minimum Gasteiger partial charge on any atom is -0.383 e. The van der Waals surface area contributed by atoms with Gasteiger partial charge in [-0.2, -0.15) is 0 Å². The molecule has 2 aromatic rings. The first-order chi connectivity index (χ1) is 13.1. The van der Waals surface area contributed by atoms with Gasteiger partial charge in [0.25, 0.3) is 11.5 Å². The fourth-order valence-corrected chi connectivity index (χ4v) is 3.38. The fourth-order valence-electron chi connectivity index (χ4n) is 2.85. The van der Waals surface area contributed by atoms with Crippen LogP contribution in [0.4, 0.5) is 11.5 Å². The Kier molecular flexibility index (Phi) is 7.32. The molecule has 1 aromatic heterocycles. The van der Waals surface area contributed by atoms with Crippen molar-refractivity contribution in [3.05, 3.63) is 54.6 Å². The molecule has 0 spiro atoms. The second kappa shape index (κ2) is 9.30. The summed E-state index contributed by atoms with van der Waals surface area (Å²) < 4.78 is 1.28. The maximum Gasteiger partial charge on any atom is 0.330 e. The first-order valence-electron chi connectivity index (χ1n) is 9.06. The number of nitrogens with zero attached hydrogens (tertiary/aromatic N) is 2. The summed E-state index contributed by atoms with van der Waals surface area (Å²) in [6.45, 7) is 6.36. The smallest absolute Gasteiger partial charge is 0.330 e. The minimum atomic E-state index is -0.711. The molecule has 152 valence electrons. The van der Waals surface area contributed by atoms with Gasteiger partial charge in [0.1, 0.15) is 5.82 Å². The van der Waals surface area contributed by atoms with E-state index in [0.717, 1.165) is 6.42 Å². The lowest BCUT2D eigenvalue weighted by Crippen LogP contribution is -2.42. The second-order valence-corrected chi connectivity index (χ2v) is 7.84. The Morgan fingerprint density at radius 3 is 2.36 bits per heavy atom. The van der Waals surface area contributed by atoms with E-state index in [9.17, 15) is 14.4 Å². The van der Waals surface area contributed by atoms with Crippen LogP contribution < -0.4 is 21.9 Å². The molecular weight excluding hydrogens is 403 g/mol. The molecule has 0 aliphatic carbocycles. The van der Waals surface area contributed by atoms with Crippen molar-refractivity contribution in [2.75, 3.05) is 17.2 Å². The van der Waals surface area contributed by atoms with Crippen molar-refractivity contribution >= 4 is 40.6 Å². The summed E-state index contributed by atoms with van der Waals surface area (Å²) in [5, 5.41) is 0.602. The van der Waals surface area contributed by atoms with Crippen molar-refractivity contribution in [3.63, 3.8) is 0 Å². The number of aromatic nitrogens is 2. The van der Waals surface area contributed by atoms with Gasteiger partial charge in [0.05, 0.1) is 0 Å². The maximum atomic E-state index is 13.2. The Balaban J connectivity index is 2.64. The summed E-state index contributed by atoms with van der Waals surface area (Å²) in [5.41, 5.74) is 5.04. The Labute approximate surface area is 173 Å². The number of unbranched alkanes of at least 4 members (excludes halogenated alkanes) is 1. The van der Waals surface area contributed by atoms with Gasteiger partial charge in [-0.3, -0.25) is 19.1 Å². The van der Waals surface area contributed by atoms with Gasteiger partial charge in [0, 0.05) is 28.7 Å². The van der Waals surface area contributed by atoms with Crippen molar-refractivity contribution in [1.29, 1.82) is 0 Å². The zero-order valence-corrected chi connectivity index (χ0v) is 17.6. The molecule has 0 saturated carbocycles. The number of H-pyrrole nitrogens is 1. The Morgan fingerprint density at radius 2 is 1.82 bits per heavy atom. The zero-order valence-electron chi connectivity index (χ0n) is 16.1. The highest BCUT2D eigenvalue weighted by molar-refractivity contribution is 6.35. The topological polar surface area (TPSA) is 101 Å². The largest absolute Gasteiger partial charge is 0.383 e. The van der Waals surface area contributed by atoms with Crippen molar-refractivity contribution in [2.45, 2.75) is 40.2 Å². The quantitative estimate of drug-likeness (QED) is 0.706. The van der Waals surface area contributed by atoms with Crippen molar-refractivity contribution in [3.8, 4) is 0 Å². The summed E-state index contributed by atoms with van der Waals surface area (Å²) >= 11 is 12.0. The van der Waals surface area contributed by atoms with Crippen LogP contribution in [0.2, 0.25) is 10.0 Å². The number of hydrogen-bond donors (Lipinski definition) is 2. The lowest BCUT2D eigenvalue weighted by atomic mass is 10.1. The number of rotatable bonds is 7. The molecule has 0 bridgehead atoms. The number of hydrogen-bond acceptors (Lipinski definition) is 4. The third kappa shape index (κ3) is 4.97. The molecule has 0 aliphatic rings. The Bertz CT molecular complexity index is 962. The number of carbonyl (C=O) groups is 1. The number of amides is 1. The van der Waals surface area contributed by atoms with Crippen molar-refractivity contribution < 1.29 is 4.79 Å². The molecule has 9 heteroatoms. The van der Waals surface area contributed by atoms with Gasteiger partial charge in [-0.05, 0) is 30.5 Å². The number of anilines is 2. The van der Waals surface area contributed by atoms with E-state index < -0.39 is 17.2 Å². The number of nitrogens with one attached hydrogen (secondary N) is 1. The van der Waals surface area contributed by atoms with Crippen LogP contribution in [-0.4, -0.2) is 22.0 Å². The van der Waals surface area contributed by atoms with Crippen LogP contribution in [0.3, 0.4) is 0 Å². The monoisotopic (exact) mass is 426 g/mol. The van der Waals surface area contributed by atoms with E-state index in [-0.39, 0.29) is 29.5 Å². The lowest BCUT2D eigenvalue weighted by Gasteiger charge is -2.26. The van der Waals surface area contributed by atoms with E-state index in [0.29, 0.717) is 23.0 Å². The van der Waals surface area contributed by atoms with E-state index in [1.165, 1.54) is 27.7 Å². The van der Waals surface area contributed by atoms with Gasteiger partial charge in [-0.1, -0.05) is 50.4 Å². The van der Waals surface area contributed by atoms with Gasteiger partial charge >= 0.3 is 5.69 Å². The number of halogens is 2. The third-order valence-corrected chi connectivity index (χ3v) is 4.56. The van der Waals surface area contributed by atoms with Crippen LogP contribution >= 0.6 is 23.2 Å². The van der Waals surface area contributed by atoms with Crippen LogP contribution in [0.25, 0.3) is 0 Å². The standard InChI is InChI=1S/C19H24Cl2N4O3/c1-4-5-6-24-16(22)15(17(26)23-19(24)28)25(10-11(2)3)18(27)12-7-13(20)9-14(21)8-12/h7-9,11H,4-6,10,22H2,1-3H3,(H,23,26,28). The average Bonchev–Trinajstić information content (AvgIpc) is 2.58. The molecule has 1 aromatic carbocycles. The predicted molar refractivity (Wildman–Crippen MR) is 114 cm³/mol. The molecule has 0 radical (unpaired) electrons. The maximum absolute atomic E-state index is 13.2. The number of nitrogen functional groups attached to an aromatic ring is 1. The van der Waals surface area contributed by atoms with E-state index in [1.807, 2.05) is 20.8 Å².